The summed E-state index contributed by atoms with van der Waals surface area (Å²) >= 11 is 0. The van der Waals surface area contributed by atoms with Crippen molar-refractivity contribution in [3.8, 4) is 0 Å². The predicted octanol–water partition coefficient (Wildman–Crippen LogP) is 2.78. The Balaban J connectivity index is 1.67. The van der Waals surface area contributed by atoms with Crippen LogP contribution >= 0.6 is 0 Å². The van der Waals surface area contributed by atoms with Gasteiger partial charge in [0.1, 0.15) is 0 Å². The van der Waals surface area contributed by atoms with Gasteiger partial charge < -0.3 is 5.32 Å². The van der Waals surface area contributed by atoms with Gasteiger partial charge in [0.05, 0.1) is 0 Å². The van der Waals surface area contributed by atoms with E-state index >= 15 is 0 Å². The van der Waals surface area contributed by atoms with Crippen LogP contribution in [0.2, 0.25) is 0 Å². The highest BCUT2D eigenvalue weighted by Gasteiger charge is 2.38. The van der Waals surface area contributed by atoms with E-state index in [4.69, 9.17) is 0 Å². The van der Waals surface area contributed by atoms with E-state index in [9.17, 15) is 0 Å². The second-order valence-corrected chi connectivity index (χ2v) is 6.78. The highest BCUT2D eigenvalue weighted by molar-refractivity contribution is 4.97. The zero-order chi connectivity index (χ0) is 11.7. The second kappa shape index (κ2) is 4.89. The lowest BCUT2D eigenvalue weighted by Crippen LogP contribution is -2.53. The predicted molar refractivity (Wildman–Crippen MR) is 72.2 cm³/mol. The van der Waals surface area contributed by atoms with Crippen molar-refractivity contribution in [1.29, 1.82) is 0 Å². The van der Waals surface area contributed by atoms with Crippen LogP contribution in [-0.4, -0.2) is 36.1 Å². The van der Waals surface area contributed by atoms with E-state index in [2.05, 4.69) is 17.1 Å². The molecule has 0 bridgehead atoms. The van der Waals surface area contributed by atoms with E-state index in [1.807, 2.05) is 0 Å². The molecule has 3 aliphatic rings. The molecule has 2 saturated carbocycles. The summed E-state index contributed by atoms with van der Waals surface area (Å²) in [4.78, 5) is 2.81. The number of rotatable bonds is 2. The third-order valence-electron chi connectivity index (χ3n) is 5.19. The molecule has 0 aromatic rings. The Kier molecular flexibility index (Phi) is 3.45. The molecule has 1 unspecified atom stereocenters. The molecular formula is C15H28N2. The summed E-state index contributed by atoms with van der Waals surface area (Å²) in [5.41, 5.74) is 0.484. The largest absolute Gasteiger partial charge is 0.310 e. The van der Waals surface area contributed by atoms with Crippen molar-refractivity contribution in [3.05, 3.63) is 0 Å². The van der Waals surface area contributed by atoms with Crippen molar-refractivity contribution in [3.63, 3.8) is 0 Å². The average molecular weight is 236 g/mol. The topological polar surface area (TPSA) is 15.3 Å². The van der Waals surface area contributed by atoms with Gasteiger partial charge in [-0.2, -0.15) is 0 Å². The van der Waals surface area contributed by atoms with Crippen LogP contribution in [0.5, 0.6) is 0 Å². The smallest absolute Gasteiger partial charge is 0.0308 e. The molecule has 1 N–H and O–H groups in total. The lowest BCUT2D eigenvalue weighted by Gasteiger charge is -2.41. The Bertz CT molecular complexity index is 254. The zero-order valence-electron chi connectivity index (χ0n) is 11.4. The fourth-order valence-corrected chi connectivity index (χ4v) is 3.77. The van der Waals surface area contributed by atoms with E-state index in [-0.39, 0.29) is 0 Å². The molecule has 98 valence electrons. The molecule has 2 heteroatoms. The van der Waals surface area contributed by atoms with Crippen LogP contribution in [0.3, 0.4) is 0 Å². The van der Waals surface area contributed by atoms with Gasteiger partial charge in [-0.3, -0.25) is 4.90 Å². The van der Waals surface area contributed by atoms with E-state index in [0.717, 1.165) is 12.0 Å². The normalized spacial score (nSPS) is 34.8. The third-order valence-corrected chi connectivity index (χ3v) is 5.19. The average Bonchev–Trinajstić information content (AvgIpc) is 3.13. The first-order valence-electron chi connectivity index (χ1n) is 7.77. The molecule has 2 nitrogen and oxygen atoms in total. The highest BCUT2D eigenvalue weighted by atomic mass is 15.2. The van der Waals surface area contributed by atoms with Gasteiger partial charge >= 0.3 is 0 Å². The highest BCUT2D eigenvalue weighted by Crippen LogP contribution is 2.35. The van der Waals surface area contributed by atoms with Crippen molar-refractivity contribution in [2.24, 2.45) is 5.92 Å². The van der Waals surface area contributed by atoms with Crippen LogP contribution in [-0.2, 0) is 0 Å². The van der Waals surface area contributed by atoms with Crippen LogP contribution in [0.25, 0.3) is 0 Å². The molecule has 17 heavy (non-hydrogen) atoms. The van der Waals surface area contributed by atoms with Crippen LogP contribution < -0.4 is 5.32 Å². The van der Waals surface area contributed by atoms with Gasteiger partial charge in [0.2, 0.25) is 0 Å². The quantitative estimate of drug-likeness (QED) is 0.793. The fraction of sp³-hybridized carbons (Fsp3) is 1.00. The molecule has 1 saturated heterocycles. The van der Waals surface area contributed by atoms with E-state index in [1.54, 1.807) is 0 Å². The van der Waals surface area contributed by atoms with Crippen molar-refractivity contribution in [1.82, 2.24) is 10.2 Å². The van der Waals surface area contributed by atoms with Crippen LogP contribution in [0.4, 0.5) is 0 Å². The maximum absolute atomic E-state index is 3.91. The molecule has 0 radical (unpaired) electrons. The van der Waals surface area contributed by atoms with Gasteiger partial charge in [-0.1, -0.05) is 19.3 Å². The summed E-state index contributed by atoms with van der Waals surface area (Å²) in [6.45, 7) is 6.38. The van der Waals surface area contributed by atoms with Gasteiger partial charge in [0.25, 0.3) is 0 Å². The van der Waals surface area contributed by atoms with Crippen molar-refractivity contribution < 1.29 is 0 Å². The minimum Gasteiger partial charge on any atom is -0.310 e. The SMILES string of the molecule is CC1CCNC2(CCCCC2)CN1CC1CC1. The van der Waals surface area contributed by atoms with Crippen LogP contribution in [0.15, 0.2) is 0 Å². The minimum absolute atomic E-state index is 0.484. The van der Waals surface area contributed by atoms with Gasteiger partial charge in [-0.25, -0.2) is 0 Å². The minimum atomic E-state index is 0.484. The molecule has 1 aliphatic heterocycles. The first-order chi connectivity index (χ1) is 8.27. The summed E-state index contributed by atoms with van der Waals surface area (Å²) in [6.07, 6.45) is 11.5. The first kappa shape index (κ1) is 12.0. The Labute approximate surface area is 106 Å². The zero-order valence-corrected chi connectivity index (χ0v) is 11.4. The monoisotopic (exact) mass is 236 g/mol. The van der Waals surface area contributed by atoms with E-state index < -0.39 is 0 Å². The molecule has 3 rings (SSSR count). The van der Waals surface area contributed by atoms with E-state index in [1.165, 1.54) is 71.0 Å². The Morgan fingerprint density at radius 1 is 1.12 bits per heavy atom. The molecule has 0 aromatic carbocycles. The summed E-state index contributed by atoms with van der Waals surface area (Å²) in [5.74, 6) is 1.04. The number of nitrogens with zero attached hydrogens (tertiary/aromatic N) is 1. The standard InChI is InChI=1S/C15H28N2/c1-13-7-10-16-15(8-3-2-4-9-15)12-17(13)11-14-5-6-14/h13-14,16H,2-12H2,1H3. The number of hydrogen-bond donors (Lipinski definition) is 1. The molecule has 2 aliphatic carbocycles. The van der Waals surface area contributed by atoms with Crippen LogP contribution in [0, 0.1) is 5.92 Å². The van der Waals surface area contributed by atoms with E-state index in [0.29, 0.717) is 5.54 Å². The van der Waals surface area contributed by atoms with Gasteiger partial charge in [-0.15, -0.1) is 0 Å². The fourth-order valence-electron chi connectivity index (χ4n) is 3.77. The maximum Gasteiger partial charge on any atom is 0.0308 e. The molecule has 1 spiro atoms. The Morgan fingerprint density at radius 2 is 1.88 bits per heavy atom. The van der Waals surface area contributed by atoms with Gasteiger partial charge in [-0.05, 0) is 51.5 Å². The molecule has 0 amide bonds. The summed E-state index contributed by atoms with van der Waals surface area (Å²) in [7, 11) is 0. The summed E-state index contributed by atoms with van der Waals surface area (Å²) in [5, 5.41) is 3.91. The number of hydrogen-bond acceptors (Lipinski definition) is 2. The molecule has 3 fully saturated rings. The third kappa shape index (κ3) is 2.85. The molecule has 0 aromatic heterocycles. The van der Waals surface area contributed by atoms with Gasteiger partial charge in [0, 0.05) is 24.7 Å². The lowest BCUT2D eigenvalue weighted by atomic mass is 9.81. The Hall–Kier alpha value is -0.0800. The van der Waals surface area contributed by atoms with Crippen molar-refractivity contribution >= 4 is 0 Å². The van der Waals surface area contributed by atoms with Crippen molar-refractivity contribution in [2.75, 3.05) is 19.6 Å². The van der Waals surface area contributed by atoms with Crippen molar-refractivity contribution in [2.45, 2.75) is 69.9 Å². The summed E-state index contributed by atoms with van der Waals surface area (Å²) in [6, 6.07) is 0.796. The Morgan fingerprint density at radius 3 is 2.59 bits per heavy atom. The van der Waals surface area contributed by atoms with Gasteiger partial charge in [0.15, 0.2) is 0 Å². The second-order valence-electron chi connectivity index (χ2n) is 6.78. The molecule has 1 atom stereocenters. The maximum atomic E-state index is 3.91. The first-order valence-corrected chi connectivity index (χ1v) is 7.77. The lowest BCUT2D eigenvalue weighted by molar-refractivity contribution is 0.133. The summed E-state index contributed by atoms with van der Waals surface area (Å²) < 4.78 is 0. The number of nitrogens with one attached hydrogen (secondary N) is 1. The van der Waals surface area contributed by atoms with Crippen LogP contribution in [0.1, 0.15) is 58.3 Å². The molecular weight excluding hydrogens is 208 g/mol. The molecule has 1 heterocycles.